The van der Waals surface area contributed by atoms with Gasteiger partial charge in [0.05, 0.1) is 12.2 Å². The molecule has 2 aromatic heterocycles. The van der Waals surface area contributed by atoms with Gasteiger partial charge in [0.1, 0.15) is 5.82 Å². The molecule has 0 saturated carbocycles. The number of aromatic nitrogens is 1. The Labute approximate surface area is 113 Å². The molecule has 2 rings (SSSR count). The van der Waals surface area contributed by atoms with E-state index in [0.717, 1.165) is 23.3 Å². The minimum Gasteiger partial charge on any atom is -0.396 e. The van der Waals surface area contributed by atoms with Crippen molar-refractivity contribution >= 4 is 38.8 Å². The van der Waals surface area contributed by atoms with Gasteiger partial charge in [-0.3, -0.25) is 0 Å². The second-order valence-electron chi connectivity index (χ2n) is 3.67. The summed E-state index contributed by atoms with van der Waals surface area (Å²) < 4.78 is 0.893. The first kappa shape index (κ1) is 12.4. The number of nitrogens with zero attached hydrogens (tertiary/aromatic N) is 1. The molecule has 0 saturated heterocycles. The predicted octanol–water partition coefficient (Wildman–Crippen LogP) is 3.66. The van der Waals surface area contributed by atoms with Crippen molar-refractivity contribution in [1.29, 1.82) is 0 Å². The summed E-state index contributed by atoms with van der Waals surface area (Å²) in [6.07, 6.45) is 2.83. The van der Waals surface area contributed by atoms with E-state index in [4.69, 9.17) is 5.73 Å². The summed E-state index contributed by atoms with van der Waals surface area (Å²) in [6, 6.07) is 6.16. The monoisotopic (exact) mass is 311 g/mol. The molecule has 0 atom stereocenters. The summed E-state index contributed by atoms with van der Waals surface area (Å²) >= 11 is 5.16. The smallest absolute Gasteiger partial charge is 0.149 e. The average Bonchev–Trinajstić information content (AvgIpc) is 2.76. The van der Waals surface area contributed by atoms with Crippen LogP contribution < -0.4 is 11.1 Å². The van der Waals surface area contributed by atoms with Crippen molar-refractivity contribution < 1.29 is 0 Å². The van der Waals surface area contributed by atoms with E-state index in [1.165, 1.54) is 9.75 Å². The van der Waals surface area contributed by atoms with Crippen LogP contribution in [0.25, 0.3) is 0 Å². The van der Waals surface area contributed by atoms with Crippen molar-refractivity contribution in [1.82, 2.24) is 4.98 Å². The number of halogens is 1. The Balaban J connectivity index is 2.02. The predicted molar refractivity (Wildman–Crippen MR) is 77.4 cm³/mol. The van der Waals surface area contributed by atoms with Crippen LogP contribution in [-0.2, 0) is 13.0 Å². The van der Waals surface area contributed by atoms with Crippen molar-refractivity contribution in [3.63, 3.8) is 0 Å². The molecule has 2 aromatic rings. The quantitative estimate of drug-likeness (QED) is 0.906. The molecule has 0 spiro atoms. The van der Waals surface area contributed by atoms with E-state index in [2.05, 4.69) is 45.3 Å². The third-order valence-corrected chi connectivity index (χ3v) is 4.04. The molecule has 0 aliphatic carbocycles. The van der Waals surface area contributed by atoms with Crippen LogP contribution >= 0.6 is 27.3 Å². The summed E-state index contributed by atoms with van der Waals surface area (Å²) in [6.45, 7) is 2.93. The molecule has 0 bridgehead atoms. The molecule has 0 fully saturated rings. The summed E-state index contributed by atoms with van der Waals surface area (Å²) in [5.74, 6) is 0.736. The van der Waals surface area contributed by atoms with Crippen LogP contribution in [0.5, 0.6) is 0 Å². The van der Waals surface area contributed by atoms with E-state index in [9.17, 15) is 0 Å². The molecule has 5 heteroatoms. The molecule has 17 heavy (non-hydrogen) atoms. The number of nitrogens with one attached hydrogen (secondary N) is 1. The van der Waals surface area contributed by atoms with Gasteiger partial charge in [0.15, 0.2) is 0 Å². The first-order valence-electron chi connectivity index (χ1n) is 5.41. The minimum absolute atomic E-state index is 0.659. The molecular formula is C12H14BrN3S. The fourth-order valence-corrected chi connectivity index (χ4v) is 2.73. The van der Waals surface area contributed by atoms with Crippen LogP contribution in [0.15, 0.2) is 28.9 Å². The second-order valence-corrected chi connectivity index (χ2v) is 5.84. The SMILES string of the molecule is CCc1ccc(CNc2ncc(Br)cc2N)s1. The third kappa shape index (κ3) is 3.20. The number of hydrogen-bond acceptors (Lipinski definition) is 4. The lowest BCUT2D eigenvalue weighted by Gasteiger charge is -2.06. The summed E-state index contributed by atoms with van der Waals surface area (Å²) in [7, 11) is 0. The van der Waals surface area contributed by atoms with E-state index >= 15 is 0 Å². The number of nitrogens with two attached hydrogens (primary N) is 1. The maximum Gasteiger partial charge on any atom is 0.149 e. The normalized spacial score (nSPS) is 10.5. The minimum atomic E-state index is 0.659. The van der Waals surface area contributed by atoms with Gasteiger partial charge in [-0.15, -0.1) is 11.3 Å². The van der Waals surface area contributed by atoms with Crippen molar-refractivity contribution in [2.45, 2.75) is 19.9 Å². The first-order valence-corrected chi connectivity index (χ1v) is 7.02. The lowest BCUT2D eigenvalue weighted by atomic mass is 10.3. The highest BCUT2D eigenvalue weighted by Crippen LogP contribution is 2.22. The molecule has 3 nitrogen and oxygen atoms in total. The van der Waals surface area contributed by atoms with Gasteiger partial charge >= 0.3 is 0 Å². The van der Waals surface area contributed by atoms with E-state index in [0.29, 0.717) is 5.69 Å². The van der Waals surface area contributed by atoms with Crippen LogP contribution in [0.2, 0.25) is 0 Å². The zero-order chi connectivity index (χ0) is 12.3. The highest BCUT2D eigenvalue weighted by Gasteiger charge is 2.03. The Morgan fingerprint density at radius 2 is 2.18 bits per heavy atom. The molecule has 0 radical (unpaired) electrons. The average molecular weight is 312 g/mol. The highest BCUT2D eigenvalue weighted by molar-refractivity contribution is 9.10. The molecular weight excluding hydrogens is 298 g/mol. The number of anilines is 2. The van der Waals surface area contributed by atoms with E-state index in [1.807, 2.05) is 17.4 Å². The maximum atomic E-state index is 5.87. The van der Waals surface area contributed by atoms with Crippen LogP contribution in [0.4, 0.5) is 11.5 Å². The van der Waals surface area contributed by atoms with Crippen molar-refractivity contribution in [3.8, 4) is 0 Å². The van der Waals surface area contributed by atoms with Crippen LogP contribution in [0.1, 0.15) is 16.7 Å². The largest absolute Gasteiger partial charge is 0.396 e. The number of hydrogen-bond donors (Lipinski definition) is 2. The van der Waals surface area contributed by atoms with Crippen LogP contribution in [0.3, 0.4) is 0 Å². The Kier molecular flexibility index (Phi) is 4.02. The van der Waals surface area contributed by atoms with Crippen molar-refractivity contribution in [3.05, 3.63) is 38.6 Å². The first-order chi connectivity index (χ1) is 8.19. The molecule has 2 heterocycles. The Hall–Kier alpha value is -1.07. The van der Waals surface area contributed by atoms with Gasteiger partial charge in [-0.25, -0.2) is 4.98 Å². The fraction of sp³-hybridized carbons (Fsp3) is 0.250. The standard InChI is InChI=1S/C12H14BrN3S/c1-2-9-3-4-10(17-9)7-16-12-11(14)5-8(13)6-15-12/h3-6H,2,7,14H2,1H3,(H,15,16). The Morgan fingerprint density at radius 3 is 2.82 bits per heavy atom. The van der Waals surface area contributed by atoms with E-state index in [-0.39, 0.29) is 0 Å². The van der Waals surface area contributed by atoms with Crippen LogP contribution in [-0.4, -0.2) is 4.98 Å². The van der Waals surface area contributed by atoms with Gasteiger partial charge in [-0.2, -0.15) is 0 Å². The number of nitrogen functional groups attached to an aromatic ring is 1. The second kappa shape index (κ2) is 5.51. The van der Waals surface area contributed by atoms with Crippen LogP contribution in [0, 0.1) is 0 Å². The van der Waals surface area contributed by atoms with Gasteiger partial charge in [0, 0.05) is 20.4 Å². The van der Waals surface area contributed by atoms with E-state index < -0.39 is 0 Å². The van der Waals surface area contributed by atoms with E-state index in [1.54, 1.807) is 6.20 Å². The zero-order valence-corrected chi connectivity index (χ0v) is 11.9. The fourth-order valence-electron chi connectivity index (χ4n) is 1.48. The molecule has 3 N–H and O–H groups in total. The van der Waals surface area contributed by atoms with Gasteiger partial charge in [-0.05, 0) is 40.5 Å². The molecule has 0 amide bonds. The summed E-state index contributed by atoms with van der Waals surface area (Å²) in [5.41, 5.74) is 6.52. The lowest BCUT2D eigenvalue weighted by Crippen LogP contribution is -2.03. The van der Waals surface area contributed by atoms with Gasteiger partial charge in [0.25, 0.3) is 0 Å². The number of rotatable bonds is 4. The molecule has 0 unspecified atom stereocenters. The summed E-state index contributed by atoms with van der Waals surface area (Å²) in [5, 5.41) is 3.25. The molecule has 90 valence electrons. The third-order valence-electron chi connectivity index (χ3n) is 2.38. The Morgan fingerprint density at radius 1 is 1.41 bits per heavy atom. The van der Waals surface area contributed by atoms with Gasteiger partial charge < -0.3 is 11.1 Å². The molecule has 0 aromatic carbocycles. The van der Waals surface area contributed by atoms with Gasteiger partial charge in [-0.1, -0.05) is 6.92 Å². The Bertz CT molecular complexity index is 510. The maximum absolute atomic E-state index is 5.87. The van der Waals surface area contributed by atoms with Crippen molar-refractivity contribution in [2.75, 3.05) is 11.1 Å². The molecule has 0 aliphatic rings. The number of aryl methyl sites for hydroxylation is 1. The number of thiophene rings is 1. The highest BCUT2D eigenvalue weighted by atomic mass is 79.9. The van der Waals surface area contributed by atoms with Crippen molar-refractivity contribution in [2.24, 2.45) is 0 Å². The lowest BCUT2D eigenvalue weighted by molar-refractivity contribution is 1.14. The molecule has 0 aliphatic heterocycles. The number of pyridine rings is 1. The summed E-state index contributed by atoms with van der Waals surface area (Å²) in [4.78, 5) is 6.94. The topological polar surface area (TPSA) is 50.9 Å². The van der Waals surface area contributed by atoms with Gasteiger partial charge in [0.2, 0.25) is 0 Å². The zero-order valence-electron chi connectivity index (χ0n) is 9.53.